The largest absolute Gasteiger partial charge is 0.338 e. The number of hydrogen-bond donors (Lipinski definition) is 2. The number of nitrogens with one attached hydrogen (secondary N) is 2. The standard InChI is InChI=1S/C20H22F3N3O3S/c1-13-4-6-15(7-5-13)25-20(27)24-11-14-3-2-10-26(12-14)30(28,29)17-9-8-16(21)18(22)19(17)23/h4-9,14H,2-3,10-12H2,1H3,(H2,24,25,27). The fourth-order valence-corrected chi connectivity index (χ4v) is 4.92. The predicted molar refractivity (Wildman–Crippen MR) is 106 cm³/mol. The molecule has 0 aliphatic carbocycles. The molecule has 162 valence electrons. The van der Waals surface area contributed by atoms with Gasteiger partial charge in [-0.25, -0.2) is 26.4 Å². The van der Waals surface area contributed by atoms with Gasteiger partial charge in [0.25, 0.3) is 0 Å². The number of nitrogens with zero attached hydrogens (tertiary/aromatic N) is 1. The zero-order valence-corrected chi connectivity index (χ0v) is 17.1. The number of aryl methyl sites for hydroxylation is 1. The topological polar surface area (TPSA) is 78.5 Å². The Balaban J connectivity index is 1.61. The van der Waals surface area contributed by atoms with Crippen LogP contribution in [0.4, 0.5) is 23.7 Å². The van der Waals surface area contributed by atoms with E-state index >= 15 is 0 Å². The van der Waals surface area contributed by atoms with E-state index in [2.05, 4.69) is 10.6 Å². The van der Waals surface area contributed by atoms with Crippen LogP contribution in [-0.4, -0.2) is 38.4 Å². The molecule has 0 spiro atoms. The molecule has 30 heavy (non-hydrogen) atoms. The van der Waals surface area contributed by atoms with E-state index in [4.69, 9.17) is 0 Å². The lowest BCUT2D eigenvalue weighted by molar-refractivity contribution is 0.238. The number of halogens is 3. The molecule has 1 heterocycles. The Morgan fingerprint density at radius 3 is 2.50 bits per heavy atom. The second-order valence-corrected chi connectivity index (χ2v) is 9.15. The quantitative estimate of drug-likeness (QED) is 0.696. The number of piperidine rings is 1. The van der Waals surface area contributed by atoms with Gasteiger partial charge in [0.2, 0.25) is 10.0 Å². The van der Waals surface area contributed by atoms with Gasteiger partial charge in [-0.05, 0) is 49.9 Å². The summed E-state index contributed by atoms with van der Waals surface area (Å²) in [6.07, 6.45) is 1.16. The van der Waals surface area contributed by atoms with Crippen molar-refractivity contribution in [2.24, 2.45) is 5.92 Å². The molecule has 0 bridgehead atoms. The fourth-order valence-electron chi connectivity index (χ4n) is 3.31. The minimum Gasteiger partial charge on any atom is -0.338 e. The average Bonchev–Trinajstić information content (AvgIpc) is 2.72. The molecule has 0 radical (unpaired) electrons. The third kappa shape index (κ3) is 4.93. The van der Waals surface area contributed by atoms with Crippen LogP contribution in [0.2, 0.25) is 0 Å². The number of sulfonamides is 1. The average molecular weight is 441 g/mol. The number of hydrogen-bond acceptors (Lipinski definition) is 3. The molecule has 1 aliphatic rings. The lowest BCUT2D eigenvalue weighted by atomic mass is 10.00. The number of benzene rings is 2. The van der Waals surface area contributed by atoms with Gasteiger partial charge in [0, 0.05) is 25.3 Å². The van der Waals surface area contributed by atoms with Crippen LogP contribution in [0.3, 0.4) is 0 Å². The Bertz CT molecular complexity index is 1030. The maximum Gasteiger partial charge on any atom is 0.319 e. The molecule has 2 aromatic rings. The van der Waals surface area contributed by atoms with Gasteiger partial charge >= 0.3 is 6.03 Å². The maximum atomic E-state index is 14.0. The van der Waals surface area contributed by atoms with Crippen molar-refractivity contribution in [3.63, 3.8) is 0 Å². The summed E-state index contributed by atoms with van der Waals surface area (Å²) in [7, 11) is -4.33. The van der Waals surface area contributed by atoms with E-state index in [0.717, 1.165) is 15.9 Å². The highest BCUT2D eigenvalue weighted by molar-refractivity contribution is 7.89. The third-order valence-electron chi connectivity index (χ3n) is 4.96. The molecule has 1 atom stereocenters. The van der Waals surface area contributed by atoms with Gasteiger partial charge < -0.3 is 10.6 Å². The Labute approximate surface area is 173 Å². The Morgan fingerprint density at radius 1 is 1.10 bits per heavy atom. The van der Waals surface area contributed by atoms with Gasteiger partial charge in [-0.3, -0.25) is 0 Å². The van der Waals surface area contributed by atoms with Crippen LogP contribution in [0.15, 0.2) is 41.3 Å². The first-order chi connectivity index (χ1) is 14.2. The lowest BCUT2D eigenvalue weighted by Gasteiger charge is -2.32. The van der Waals surface area contributed by atoms with Crippen LogP contribution in [0.5, 0.6) is 0 Å². The van der Waals surface area contributed by atoms with Crippen molar-refractivity contribution in [3.05, 3.63) is 59.4 Å². The van der Waals surface area contributed by atoms with Crippen molar-refractivity contribution in [2.75, 3.05) is 25.0 Å². The van der Waals surface area contributed by atoms with Gasteiger partial charge in [0.05, 0.1) is 0 Å². The summed E-state index contributed by atoms with van der Waals surface area (Å²) in [5, 5.41) is 5.39. The van der Waals surface area contributed by atoms with E-state index in [1.807, 2.05) is 19.1 Å². The first-order valence-electron chi connectivity index (χ1n) is 9.43. The summed E-state index contributed by atoms with van der Waals surface area (Å²) >= 11 is 0. The van der Waals surface area contributed by atoms with Crippen LogP contribution in [0.1, 0.15) is 18.4 Å². The summed E-state index contributed by atoms with van der Waals surface area (Å²) in [6.45, 7) is 2.31. The predicted octanol–water partition coefficient (Wildman–Crippen LogP) is 3.63. The minimum absolute atomic E-state index is 0.0333. The highest BCUT2D eigenvalue weighted by Crippen LogP contribution is 2.27. The molecule has 1 fully saturated rings. The minimum atomic E-state index is -4.33. The molecule has 10 heteroatoms. The van der Waals surface area contributed by atoms with E-state index in [1.165, 1.54) is 0 Å². The molecule has 2 N–H and O–H groups in total. The number of rotatable bonds is 5. The zero-order chi connectivity index (χ0) is 21.9. The number of urea groups is 1. The smallest absolute Gasteiger partial charge is 0.319 e. The summed E-state index contributed by atoms with van der Waals surface area (Å²) < 4.78 is 67.1. The second-order valence-electron chi connectivity index (χ2n) is 7.25. The monoisotopic (exact) mass is 441 g/mol. The van der Waals surface area contributed by atoms with Crippen LogP contribution in [0.25, 0.3) is 0 Å². The first kappa shape index (κ1) is 22.1. The summed E-state index contributed by atoms with van der Waals surface area (Å²) in [5.41, 5.74) is 1.68. The van der Waals surface area contributed by atoms with Crippen molar-refractivity contribution in [1.29, 1.82) is 0 Å². The molecular weight excluding hydrogens is 419 g/mol. The van der Waals surface area contributed by atoms with Gasteiger partial charge in [0.15, 0.2) is 17.5 Å². The van der Waals surface area contributed by atoms with Crippen molar-refractivity contribution >= 4 is 21.7 Å². The molecule has 0 saturated carbocycles. The van der Waals surface area contributed by atoms with E-state index in [0.29, 0.717) is 24.6 Å². The zero-order valence-electron chi connectivity index (χ0n) is 16.3. The van der Waals surface area contributed by atoms with E-state index in [1.54, 1.807) is 12.1 Å². The molecule has 2 aromatic carbocycles. The molecule has 3 rings (SSSR count). The number of carbonyl (C=O) groups is 1. The molecule has 1 aliphatic heterocycles. The van der Waals surface area contributed by atoms with E-state index < -0.39 is 38.4 Å². The molecule has 1 unspecified atom stereocenters. The van der Waals surface area contributed by atoms with Crippen LogP contribution >= 0.6 is 0 Å². The van der Waals surface area contributed by atoms with E-state index in [9.17, 15) is 26.4 Å². The van der Waals surface area contributed by atoms with Crippen molar-refractivity contribution in [2.45, 2.75) is 24.7 Å². The molecule has 1 saturated heterocycles. The highest BCUT2D eigenvalue weighted by atomic mass is 32.2. The Hall–Kier alpha value is -2.59. The highest BCUT2D eigenvalue weighted by Gasteiger charge is 2.33. The lowest BCUT2D eigenvalue weighted by Crippen LogP contribution is -2.44. The van der Waals surface area contributed by atoms with Gasteiger partial charge in [-0.1, -0.05) is 17.7 Å². The molecular formula is C20H22F3N3O3S. The summed E-state index contributed by atoms with van der Waals surface area (Å²) in [4.78, 5) is 11.2. The number of amides is 2. The van der Waals surface area contributed by atoms with Crippen LogP contribution in [0, 0.1) is 30.3 Å². The molecule has 2 amide bonds. The first-order valence-corrected chi connectivity index (χ1v) is 10.9. The van der Waals surface area contributed by atoms with Gasteiger partial charge in [-0.2, -0.15) is 4.31 Å². The van der Waals surface area contributed by atoms with Crippen LogP contribution in [-0.2, 0) is 10.0 Å². The van der Waals surface area contributed by atoms with Crippen LogP contribution < -0.4 is 10.6 Å². The number of anilines is 1. The maximum absolute atomic E-state index is 14.0. The number of carbonyl (C=O) groups excluding carboxylic acids is 1. The fraction of sp³-hybridized carbons (Fsp3) is 0.350. The molecule has 0 aromatic heterocycles. The summed E-state index contributed by atoms with van der Waals surface area (Å²) in [5.74, 6) is -5.20. The van der Waals surface area contributed by atoms with Gasteiger partial charge in [-0.15, -0.1) is 0 Å². The molecule has 6 nitrogen and oxygen atoms in total. The van der Waals surface area contributed by atoms with Crippen molar-refractivity contribution < 1.29 is 26.4 Å². The third-order valence-corrected chi connectivity index (χ3v) is 6.84. The normalized spacial score (nSPS) is 17.5. The van der Waals surface area contributed by atoms with Gasteiger partial charge in [0.1, 0.15) is 4.90 Å². The van der Waals surface area contributed by atoms with E-state index in [-0.39, 0.29) is 25.6 Å². The SMILES string of the molecule is Cc1ccc(NC(=O)NCC2CCCN(S(=O)(=O)c3ccc(F)c(F)c3F)C2)cc1. The Morgan fingerprint density at radius 2 is 1.80 bits per heavy atom. The van der Waals surface area contributed by atoms with Crippen molar-refractivity contribution in [3.8, 4) is 0 Å². The second kappa shape index (κ2) is 9.05. The Kier molecular flexibility index (Phi) is 6.67. The summed E-state index contributed by atoms with van der Waals surface area (Å²) in [6, 6.07) is 8.13. The van der Waals surface area contributed by atoms with Crippen molar-refractivity contribution in [1.82, 2.24) is 9.62 Å².